The molecule has 152 valence electrons. The van der Waals surface area contributed by atoms with Gasteiger partial charge in [0, 0.05) is 12.5 Å². The van der Waals surface area contributed by atoms with E-state index in [0.717, 1.165) is 22.3 Å². The second-order valence-corrected chi connectivity index (χ2v) is 7.99. The fourth-order valence-electron chi connectivity index (χ4n) is 3.74. The summed E-state index contributed by atoms with van der Waals surface area (Å²) < 4.78 is 5.41. The number of carbonyl (C=O) groups excluding carboxylic acids is 1. The minimum atomic E-state index is -1.22. The number of ether oxygens (including phenoxy) is 1. The molecule has 2 aromatic carbocycles. The van der Waals surface area contributed by atoms with Gasteiger partial charge in [0.1, 0.15) is 29.8 Å². The zero-order chi connectivity index (χ0) is 21.1. The maximum atomic E-state index is 12.2. The second kappa shape index (κ2) is 8.67. The zero-order valence-corrected chi connectivity index (χ0v) is 16.8. The molecular weight excluding hydrogens is 400 g/mol. The highest BCUT2D eigenvalue weighted by molar-refractivity contribution is 7.10. The Hall–Kier alpha value is -3.18. The van der Waals surface area contributed by atoms with Crippen LogP contribution in [0.2, 0.25) is 0 Å². The molecule has 1 amide bonds. The minimum absolute atomic E-state index is 0.0473. The van der Waals surface area contributed by atoms with E-state index in [4.69, 9.17) is 10.00 Å². The Morgan fingerprint density at radius 3 is 2.37 bits per heavy atom. The van der Waals surface area contributed by atoms with Crippen LogP contribution in [-0.4, -0.2) is 35.6 Å². The summed E-state index contributed by atoms with van der Waals surface area (Å²) in [6.45, 7) is 0.00411. The first-order valence-corrected chi connectivity index (χ1v) is 10.4. The molecule has 6 nitrogen and oxygen atoms in total. The van der Waals surface area contributed by atoms with E-state index in [9.17, 15) is 15.0 Å². The predicted molar refractivity (Wildman–Crippen MR) is 113 cm³/mol. The molecule has 2 unspecified atom stereocenters. The van der Waals surface area contributed by atoms with Gasteiger partial charge in [-0.1, -0.05) is 48.5 Å². The fourth-order valence-corrected chi connectivity index (χ4v) is 4.46. The number of carbonyl (C=O) groups is 1. The molecular formula is C23H20N2O4S. The Balaban J connectivity index is 1.34. The molecule has 1 aliphatic rings. The number of rotatable bonds is 6. The number of aliphatic hydroxyl groups is 2. The first kappa shape index (κ1) is 20.1. The molecule has 3 aromatic rings. The Kier molecular flexibility index (Phi) is 5.81. The number of nitriles is 1. The number of nitrogens with one attached hydrogen (secondary N) is 1. The standard InChI is InChI=1S/C23H20N2O4S/c24-10-15-9-14(13-30-15)22(27)21(26)11-25-23(28)29-12-20-18-7-3-1-5-16(18)17-6-2-4-8-19(17)20/h1-9,13,20-22,26-27H,11-12H2,(H,25,28). The molecule has 0 bridgehead atoms. The number of benzene rings is 2. The van der Waals surface area contributed by atoms with Crippen molar-refractivity contribution in [3.05, 3.63) is 81.5 Å². The maximum Gasteiger partial charge on any atom is 0.407 e. The molecule has 7 heteroatoms. The molecule has 2 atom stereocenters. The van der Waals surface area contributed by atoms with E-state index in [0.29, 0.717) is 10.4 Å². The number of alkyl carbamates (subject to hydrolysis) is 1. The Morgan fingerprint density at radius 1 is 1.13 bits per heavy atom. The van der Waals surface area contributed by atoms with Crippen LogP contribution in [0.1, 0.15) is 33.6 Å². The van der Waals surface area contributed by atoms with Gasteiger partial charge in [0.25, 0.3) is 0 Å². The summed E-state index contributed by atoms with van der Waals surface area (Å²) in [5.74, 6) is -0.0473. The molecule has 0 saturated heterocycles. The highest BCUT2D eigenvalue weighted by Crippen LogP contribution is 2.44. The molecule has 30 heavy (non-hydrogen) atoms. The number of hydrogen-bond acceptors (Lipinski definition) is 6. The summed E-state index contributed by atoms with van der Waals surface area (Å²) in [5.41, 5.74) is 4.97. The summed E-state index contributed by atoms with van der Waals surface area (Å²) in [4.78, 5) is 12.6. The molecule has 0 aliphatic heterocycles. The Bertz CT molecular complexity index is 1060. The van der Waals surface area contributed by atoms with Gasteiger partial charge in [0.05, 0.1) is 0 Å². The van der Waals surface area contributed by atoms with Gasteiger partial charge < -0.3 is 20.3 Å². The zero-order valence-electron chi connectivity index (χ0n) is 16.0. The number of thiophene rings is 1. The van der Waals surface area contributed by atoms with E-state index in [1.54, 1.807) is 5.38 Å². The van der Waals surface area contributed by atoms with Gasteiger partial charge >= 0.3 is 6.09 Å². The van der Waals surface area contributed by atoms with Crippen LogP contribution in [0.3, 0.4) is 0 Å². The van der Waals surface area contributed by atoms with Gasteiger partial charge in [-0.3, -0.25) is 0 Å². The van der Waals surface area contributed by atoms with Crippen molar-refractivity contribution in [3.63, 3.8) is 0 Å². The topological polar surface area (TPSA) is 103 Å². The van der Waals surface area contributed by atoms with Crippen LogP contribution in [-0.2, 0) is 4.74 Å². The molecule has 0 spiro atoms. The average Bonchev–Trinajstić information content (AvgIpc) is 3.38. The van der Waals surface area contributed by atoms with E-state index in [-0.39, 0.29) is 19.1 Å². The summed E-state index contributed by atoms with van der Waals surface area (Å²) in [5, 5.41) is 33.3. The first-order chi connectivity index (χ1) is 14.6. The van der Waals surface area contributed by atoms with E-state index in [1.807, 2.05) is 42.5 Å². The molecule has 1 heterocycles. The van der Waals surface area contributed by atoms with Crippen molar-refractivity contribution in [1.82, 2.24) is 5.32 Å². The van der Waals surface area contributed by atoms with E-state index in [1.165, 1.54) is 17.4 Å². The molecule has 0 saturated carbocycles. The third-order valence-electron chi connectivity index (χ3n) is 5.24. The predicted octanol–water partition coefficient (Wildman–Crippen LogP) is 3.55. The van der Waals surface area contributed by atoms with Crippen LogP contribution in [0.4, 0.5) is 4.79 Å². The van der Waals surface area contributed by atoms with Gasteiger partial charge in [-0.05, 0) is 39.3 Å². The van der Waals surface area contributed by atoms with E-state index in [2.05, 4.69) is 17.4 Å². The molecule has 1 aliphatic carbocycles. The van der Waals surface area contributed by atoms with Crippen LogP contribution in [0, 0.1) is 11.3 Å². The Morgan fingerprint density at radius 2 is 1.77 bits per heavy atom. The lowest BCUT2D eigenvalue weighted by Gasteiger charge is -2.18. The van der Waals surface area contributed by atoms with Crippen LogP contribution in [0.5, 0.6) is 0 Å². The van der Waals surface area contributed by atoms with Crippen LogP contribution < -0.4 is 5.32 Å². The van der Waals surface area contributed by atoms with Crippen molar-refractivity contribution in [1.29, 1.82) is 5.26 Å². The monoisotopic (exact) mass is 420 g/mol. The van der Waals surface area contributed by atoms with Crippen molar-refractivity contribution in [2.45, 2.75) is 18.1 Å². The van der Waals surface area contributed by atoms with Gasteiger partial charge in [0.15, 0.2) is 0 Å². The lowest BCUT2D eigenvalue weighted by atomic mass is 9.98. The van der Waals surface area contributed by atoms with Gasteiger partial charge in [-0.15, -0.1) is 11.3 Å². The van der Waals surface area contributed by atoms with E-state index >= 15 is 0 Å². The first-order valence-electron chi connectivity index (χ1n) is 9.52. The maximum absolute atomic E-state index is 12.2. The summed E-state index contributed by atoms with van der Waals surface area (Å²) in [6, 6.07) is 19.6. The number of hydrogen-bond donors (Lipinski definition) is 3. The highest BCUT2D eigenvalue weighted by atomic mass is 32.1. The lowest BCUT2D eigenvalue weighted by molar-refractivity contribution is 0.0188. The third-order valence-corrected chi connectivity index (χ3v) is 6.09. The number of aliphatic hydroxyl groups excluding tert-OH is 2. The lowest BCUT2D eigenvalue weighted by Crippen LogP contribution is -2.36. The minimum Gasteiger partial charge on any atom is -0.449 e. The highest BCUT2D eigenvalue weighted by Gasteiger charge is 2.29. The average molecular weight is 420 g/mol. The largest absolute Gasteiger partial charge is 0.449 e. The van der Waals surface area contributed by atoms with Crippen molar-refractivity contribution in [3.8, 4) is 17.2 Å². The molecule has 1 aromatic heterocycles. The second-order valence-electron chi connectivity index (χ2n) is 7.07. The molecule has 3 N–H and O–H groups in total. The van der Waals surface area contributed by atoms with Crippen molar-refractivity contribution >= 4 is 17.4 Å². The van der Waals surface area contributed by atoms with Crippen molar-refractivity contribution < 1.29 is 19.7 Å². The number of fused-ring (bicyclic) bond motifs is 3. The smallest absolute Gasteiger partial charge is 0.407 e. The Labute approximate surface area is 178 Å². The summed E-state index contributed by atoms with van der Waals surface area (Å²) in [6.07, 6.45) is -3.07. The van der Waals surface area contributed by atoms with Crippen LogP contribution in [0.15, 0.2) is 60.0 Å². The molecule has 4 rings (SSSR count). The van der Waals surface area contributed by atoms with Gasteiger partial charge in [-0.2, -0.15) is 5.26 Å². The summed E-state index contributed by atoms with van der Waals surface area (Å²) in [7, 11) is 0. The summed E-state index contributed by atoms with van der Waals surface area (Å²) >= 11 is 1.19. The quantitative estimate of drug-likeness (QED) is 0.566. The van der Waals surface area contributed by atoms with Crippen LogP contribution >= 0.6 is 11.3 Å². The van der Waals surface area contributed by atoms with Crippen molar-refractivity contribution in [2.75, 3.05) is 13.2 Å². The van der Waals surface area contributed by atoms with Gasteiger partial charge in [0.2, 0.25) is 0 Å². The molecule has 0 radical (unpaired) electrons. The normalized spacial score (nSPS) is 14.3. The van der Waals surface area contributed by atoms with E-state index < -0.39 is 18.3 Å². The van der Waals surface area contributed by atoms with Crippen LogP contribution in [0.25, 0.3) is 11.1 Å². The molecule has 0 fully saturated rings. The van der Waals surface area contributed by atoms with Gasteiger partial charge in [-0.25, -0.2) is 4.79 Å². The third kappa shape index (κ3) is 3.94. The fraction of sp³-hybridized carbons (Fsp3) is 0.217. The number of amides is 1. The SMILES string of the molecule is N#Cc1cc(C(O)C(O)CNC(=O)OCC2c3ccccc3-c3ccccc32)cs1. The van der Waals surface area contributed by atoms with Crippen molar-refractivity contribution in [2.24, 2.45) is 0 Å². The number of nitrogens with zero attached hydrogens (tertiary/aromatic N) is 1.